The Morgan fingerprint density at radius 3 is 0.352 bits per heavy atom. The second-order valence-electron chi connectivity index (χ2n) is 13.3. The first-order chi connectivity index (χ1) is 36.9. The van der Waals surface area contributed by atoms with Crippen LogP contribution in [0.1, 0.15) is 0 Å². The van der Waals surface area contributed by atoms with Crippen LogP contribution >= 0.6 is 0 Å². The summed E-state index contributed by atoms with van der Waals surface area (Å²) >= 11 is 0. The Morgan fingerprint density at radius 1 is 0.227 bits per heavy atom. The average molecular weight is 1540 g/mol. The van der Waals surface area contributed by atoms with Gasteiger partial charge in [-0.3, -0.25) is 39.9 Å². The fourth-order valence-electron chi connectivity index (χ4n) is 4.11. The molecule has 4 N–H and O–H groups in total. The van der Waals surface area contributed by atoms with Gasteiger partial charge in [-0.1, -0.05) is 48.5 Å². The van der Waals surface area contributed by atoms with Crippen molar-refractivity contribution in [2.45, 2.75) is 22.0 Å². The number of hydrogen-bond donors (Lipinski definition) is 0. The summed E-state index contributed by atoms with van der Waals surface area (Å²) in [6.45, 7) is 0. The van der Waals surface area contributed by atoms with Crippen LogP contribution in [0.25, 0.3) is 45.6 Å². The molecule has 0 spiro atoms. The molecule has 0 unspecified atom stereocenters. The van der Waals surface area contributed by atoms with Crippen LogP contribution in [0.4, 0.5) is 52.7 Å². The van der Waals surface area contributed by atoms with E-state index in [2.05, 4.69) is 39.9 Å². The van der Waals surface area contributed by atoms with Crippen molar-refractivity contribution in [3.63, 3.8) is 0 Å². The van der Waals surface area contributed by atoms with Crippen LogP contribution in [0.3, 0.4) is 0 Å². The Balaban J connectivity index is -0.000000138. The third kappa shape index (κ3) is 41.2. The second-order valence-corrected chi connectivity index (χ2v) is 18.8. The van der Waals surface area contributed by atoms with E-state index < -0.39 is 62.5 Å². The Kier molecular flexibility index (Phi) is 51.4. The van der Waals surface area contributed by atoms with Gasteiger partial charge in [-0.05, 0) is 97.1 Å². The van der Waals surface area contributed by atoms with Crippen LogP contribution in [0, 0.1) is 0 Å². The van der Waals surface area contributed by atoms with E-state index in [9.17, 15) is 52.7 Å². The Labute approximate surface area is 534 Å². The minimum atomic E-state index is -6.09. The first kappa shape index (κ1) is 98.2. The standard InChI is InChI=1S/4C10H8N2.4CHF3O3S.4Cu.4H2O/c4*1-3-7-11-9(5-1)10-6-2-4-8-12-10;4*2-1(3,4)8(5,6)7;;;;;;;;/h4*1-8H;4*(H,5,6,7);;;;;4*1H2/q;;;;;;;;4*+2;;;;/p-8. The van der Waals surface area contributed by atoms with E-state index in [4.69, 9.17) is 51.9 Å². The minimum Gasteiger partial charge on any atom is -0.870 e. The third-order valence-corrected chi connectivity index (χ3v) is 9.77. The van der Waals surface area contributed by atoms with Gasteiger partial charge in [-0.15, -0.1) is 0 Å². The molecule has 0 fully saturated rings. The summed E-state index contributed by atoms with van der Waals surface area (Å²) in [7, 11) is -24.4. The Morgan fingerprint density at radius 2 is 0.307 bits per heavy atom. The van der Waals surface area contributed by atoms with Gasteiger partial charge in [0.05, 0.1) is 45.6 Å². The number of hydrogen-bond acceptors (Lipinski definition) is 24. The third-order valence-electron chi connectivity index (χ3n) is 7.50. The monoisotopic (exact) mass is 1540 g/mol. The van der Waals surface area contributed by atoms with Gasteiger partial charge in [-0.2, -0.15) is 52.7 Å². The molecular weight excluding hydrogens is 1510 g/mol. The fourth-order valence-corrected chi connectivity index (χ4v) is 4.11. The van der Waals surface area contributed by atoms with Crippen molar-refractivity contribution < 1.29 is 195 Å². The first-order valence-electron chi connectivity index (χ1n) is 20.2. The van der Waals surface area contributed by atoms with E-state index >= 15 is 0 Å². The molecule has 0 aromatic carbocycles. The summed E-state index contributed by atoms with van der Waals surface area (Å²) in [5.74, 6) is 0. The predicted molar refractivity (Wildman–Crippen MR) is 261 cm³/mol. The summed E-state index contributed by atoms with van der Waals surface area (Å²) in [5.41, 5.74) is -15.3. The van der Waals surface area contributed by atoms with Crippen molar-refractivity contribution in [2.75, 3.05) is 0 Å². The number of nitrogens with zero attached hydrogens (tertiary/aromatic N) is 8. The molecule has 88 heavy (non-hydrogen) atoms. The molecule has 0 saturated carbocycles. The Hall–Kier alpha value is -6.08. The molecule has 0 bridgehead atoms. The maximum absolute atomic E-state index is 10.7. The van der Waals surface area contributed by atoms with Gasteiger partial charge >= 0.3 is 90.3 Å². The fraction of sp³-hybridized carbons (Fsp3) is 0.0909. The zero-order valence-electron chi connectivity index (χ0n) is 42.1. The molecular formula is C44H36Cu4F12N8O16S4. The van der Waals surface area contributed by atoms with E-state index in [0.29, 0.717) is 0 Å². The molecule has 8 aromatic rings. The molecule has 8 rings (SSSR count). The number of halogens is 12. The van der Waals surface area contributed by atoms with Gasteiger partial charge in [0.25, 0.3) is 0 Å². The zero-order valence-corrected chi connectivity index (χ0v) is 49.1. The molecule has 0 aliphatic rings. The molecule has 500 valence electrons. The number of alkyl halides is 12. The molecule has 0 aliphatic heterocycles. The summed E-state index contributed by atoms with van der Waals surface area (Å²) < 4.78 is 236. The summed E-state index contributed by atoms with van der Waals surface area (Å²) in [6.07, 6.45) is 14.1. The molecule has 24 nitrogen and oxygen atoms in total. The van der Waals surface area contributed by atoms with Gasteiger partial charge < -0.3 is 40.1 Å². The molecule has 4 radical (unpaired) electrons. The molecule has 0 amide bonds. The van der Waals surface area contributed by atoms with E-state index in [-0.39, 0.29) is 90.2 Å². The van der Waals surface area contributed by atoms with Crippen LogP contribution < -0.4 is 0 Å². The van der Waals surface area contributed by atoms with Gasteiger partial charge in [0.1, 0.15) is 0 Å². The number of aromatic nitrogens is 8. The zero-order chi connectivity index (χ0) is 60.9. The number of pyridine rings is 8. The largest absolute Gasteiger partial charge is 2.00 e. The number of rotatable bonds is 4. The maximum Gasteiger partial charge on any atom is 2.00 e. The van der Waals surface area contributed by atoms with Gasteiger partial charge in [-0.25, -0.2) is 33.7 Å². The average Bonchev–Trinajstić information content (AvgIpc) is 3.40. The van der Waals surface area contributed by atoms with Gasteiger partial charge in [0, 0.05) is 49.6 Å². The topological polar surface area (TPSA) is 452 Å². The van der Waals surface area contributed by atoms with Crippen LogP contribution in [0.15, 0.2) is 195 Å². The first-order valence-corrected chi connectivity index (χ1v) is 25.9. The van der Waals surface area contributed by atoms with Crippen molar-refractivity contribution in [3.8, 4) is 45.6 Å². The smallest absolute Gasteiger partial charge is 0.870 e. The van der Waals surface area contributed by atoms with Crippen LogP contribution in [0.5, 0.6) is 0 Å². The quantitative estimate of drug-likeness (QED) is 0.0695. The van der Waals surface area contributed by atoms with E-state index in [0.717, 1.165) is 45.6 Å². The Bertz CT molecular complexity index is 2880. The second kappa shape index (κ2) is 46.1. The van der Waals surface area contributed by atoms with Crippen LogP contribution in [-0.2, 0) is 109 Å². The molecule has 8 aromatic heterocycles. The molecule has 44 heteroatoms. The maximum atomic E-state index is 10.7. The predicted octanol–water partition coefficient (Wildman–Crippen LogP) is 8.06. The van der Waals surface area contributed by atoms with Gasteiger partial charge in [0.15, 0.2) is 40.5 Å². The minimum absolute atomic E-state index is 0. The van der Waals surface area contributed by atoms with Crippen molar-refractivity contribution in [1.29, 1.82) is 0 Å². The molecule has 0 saturated heterocycles. The summed E-state index contributed by atoms with van der Waals surface area (Å²) in [4.78, 5) is 33.5. The van der Waals surface area contributed by atoms with Crippen molar-refractivity contribution in [3.05, 3.63) is 195 Å². The van der Waals surface area contributed by atoms with Crippen LogP contribution in [-0.4, -0.2) is 136 Å². The van der Waals surface area contributed by atoms with E-state index in [1.54, 1.807) is 49.6 Å². The van der Waals surface area contributed by atoms with E-state index in [1.165, 1.54) is 0 Å². The summed E-state index contributed by atoms with van der Waals surface area (Å²) in [5, 5.41) is 0. The van der Waals surface area contributed by atoms with Crippen molar-refractivity contribution in [1.82, 2.24) is 39.9 Å². The summed E-state index contributed by atoms with van der Waals surface area (Å²) in [6, 6.07) is 46.4. The van der Waals surface area contributed by atoms with Crippen molar-refractivity contribution in [2.24, 2.45) is 0 Å². The SMILES string of the molecule is O=S(=O)([O-])C(F)(F)F.O=S(=O)([O-])C(F)(F)F.O=S(=O)([O-])C(F)(F)F.O=S(=O)([O-])C(F)(F)F.[Cu+2].[Cu+2].[Cu+2].[Cu+2].[OH-].[OH-].[OH-].[OH-].c1ccc(-c2ccccn2)nc1.c1ccc(-c2ccccn2)nc1.c1ccc(-c2ccccn2)nc1.c1ccc(-c2ccccn2)nc1. The van der Waals surface area contributed by atoms with Gasteiger partial charge in [0.2, 0.25) is 0 Å². The van der Waals surface area contributed by atoms with Crippen molar-refractivity contribution >= 4 is 40.5 Å². The molecule has 0 aliphatic carbocycles. The molecule has 0 atom stereocenters. The van der Waals surface area contributed by atoms with Crippen LogP contribution in [0.2, 0.25) is 0 Å². The normalized spacial score (nSPS) is 10.4. The van der Waals surface area contributed by atoms with E-state index in [1.807, 2.05) is 146 Å². The molecule has 8 heterocycles.